The molecular formula is C13H8ClF4N. The molecule has 0 fully saturated rings. The van der Waals surface area contributed by atoms with E-state index < -0.39 is 17.7 Å². The molecule has 1 nitrogen and oxygen atoms in total. The number of aromatic nitrogens is 1. The molecule has 0 atom stereocenters. The van der Waals surface area contributed by atoms with Crippen molar-refractivity contribution in [2.24, 2.45) is 0 Å². The quantitative estimate of drug-likeness (QED) is 0.579. The van der Waals surface area contributed by atoms with Crippen molar-refractivity contribution in [3.05, 3.63) is 53.5 Å². The van der Waals surface area contributed by atoms with E-state index in [0.717, 1.165) is 12.1 Å². The first-order valence-electron chi connectivity index (χ1n) is 5.31. The van der Waals surface area contributed by atoms with Crippen LogP contribution in [0.5, 0.6) is 0 Å². The molecule has 0 unspecified atom stereocenters. The molecule has 0 saturated carbocycles. The lowest BCUT2D eigenvalue weighted by atomic mass is 10.1. The van der Waals surface area contributed by atoms with Crippen LogP contribution < -0.4 is 0 Å². The summed E-state index contributed by atoms with van der Waals surface area (Å²) >= 11 is 5.67. The molecule has 0 radical (unpaired) electrons. The number of pyridine rings is 1. The number of rotatable bonds is 2. The van der Waals surface area contributed by atoms with E-state index in [9.17, 15) is 17.6 Å². The molecule has 6 heteroatoms. The predicted octanol–water partition coefficient (Wildman–Crippen LogP) is 4.65. The van der Waals surface area contributed by atoms with Crippen LogP contribution in [0.15, 0.2) is 36.4 Å². The van der Waals surface area contributed by atoms with Crippen molar-refractivity contribution in [3.8, 4) is 11.3 Å². The van der Waals surface area contributed by atoms with Gasteiger partial charge >= 0.3 is 6.18 Å². The van der Waals surface area contributed by atoms with Crippen LogP contribution in [0.2, 0.25) is 0 Å². The van der Waals surface area contributed by atoms with Gasteiger partial charge in [-0.1, -0.05) is 18.2 Å². The third kappa shape index (κ3) is 3.04. The first-order chi connectivity index (χ1) is 8.91. The Balaban J connectivity index is 2.60. The van der Waals surface area contributed by atoms with E-state index in [1.54, 1.807) is 0 Å². The maximum Gasteiger partial charge on any atom is 0.433 e. The van der Waals surface area contributed by atoms with Gasteiger partial charge in [-0.2, -0.15) is 13.2 Å². The molecule has 2 rings (SSSR count). The maximum absolute atomic E-state index is 13.1. The first-order valence-corrected chi connectivity index (χ1v) is 5.84. The van der Waals surface area contributed by atoms with Gasteiger partial charge in [-0.15, -0.1) is 11.6 Å². The van der Waals surface area contributed by atoms with Crippen LogP contribution >= 0.6 is 11.6 Å². The van der Waals surface area contributed by atoms with Gasteiger partial charge in [0.25, 0.3) is 0 Å². The average molecular weight is 290 g/mol. The summed E-state index contributed by atoms with van der Waals surface area (Å²) in [5.41, 5.74) is -0.299. The fraction of sp³-hybridized carbons (Fsp3) is 0.154. The number of hydrogen-bond acceptors (Lipinski definition) is 1. The molecule has 0 amide bonds. The highest BCUT2D eigenvalue weighted by Crippen LogP contribution is 2.31. The smallest absolute Gasteiger partial charge is 0.243 e. The molecule has 0 bridgehead atoms. The Morgan fingerprint density at radius 2 is 1.84 bits per heavy atom. The van der Waals surface area contributed by atoms with Crippen molar-refractivity contribution in [2.75, 3.05) is 0 Å². The van der Waals surface area contributed by atoms with Crippen molar-refractivity contribution in [3.63, 3.8) is 0 Å². The summed E-state index contributed by atoms with van der Waals surface area (Å²) in [5, 5.41) is 0. The van der Waals surface area contributed by atoms with Crippen LogP contribution in [0.4, 0.5) is 17.6 Å². The monoisotopic (exact) mass is 289 g/mol. The van der Waals surface area contributed by atoms with E-state index in [2.05, 4.69) is 4.98 Å². The van der Waals surface area contributed by atoms with E-state index in [1.165, 1.54) is 24.3 Å². The van der Waals surface area contributed by atoms with Gasteiger partial charge in [0.1, 0.15) is 11.5 Å². The first kappa shape index (κ1) is 13.8. The van der Waals surface area contributed by atoms with Crippen LogP contribution in [-0.2, 0) is 12.1 Å². The van der Waals surface area contributed by atoms with Gasteiger partial charge in [0.05, 0.1) is 5.69 Å². The highest BCUT2D eigenvalue weighted by molar-refractivity contribution is 6.17. The van der Waals surface area contributed by atoms with E-state index in [1.807, 2.05) is 0 Å². The van der Waals surface area contributed by atoms with Crippen molar-refractivity contribution in [1.29, 1.82) is 0 Å². The van der Waals surface area contributed by atoms with E-state index in [0.29, 0.717) is 5.56 Å². The van der Waals surface area contributed by atoms with Crippen LogP contribution in [-0.4, -0.2) is 4.98 Å². The third-order valence-corrected chi connectivity index (χ3v) is 2.80. The fourth-order valence-corrected chi connectivity index (χ4v) is 1.86. The highest BCUT2D eigenvalue weighted by atomic mass is 35.5. The molecule has 1 aromatic carbocycles. The van der Waals surface area contributed by atoms with Crippen molar-refractivity contribution >= 4 is 11.6 Å². The number of alkyl halides is 4. The minimum atomic E-state index is -4.55. The van der Waals surface area contributed by atoms with E-state index in [-0.39, 0.29) is 17.1 Å². The molecule has 0 aliphatic heterocycles. The van der Waals surface area contributed by atoms with Crippen LogP contribution in [0.25, 0.3) is 11.3 Å². The largest absolute Gasteiger partial charge is 0.433 e. The molecule has 2 aromatic rings. The fourth-order valence-electron chi connectivity index (χ4n) is 1.64. The Morgan fingerprint density at radius 3 is 2.42 bits per heavy atom. The summed E-state index contributed by atoms with van der Waals surface area (Å²) in [6.45, 7) is 0. The molecule has 0 N–H and O–H groups in total. The lowest BCUT2D eigenvalue weighted by molar-refractivity contribution is -0.141. The summed E-state index contributed by atoms with van der Waals surface area (Å²) in [7, 11) is 0. The third-order valence-electron chi connectivity index (χ3n) is 2.51. The van der Waals surface area contributed by atoms with Crippen LogP contribution in [0.1, 0.15) is 11.3 Å². The van der Waals surface area contributed by atoms with Crippen molar-refractivity contribution < 1.29 is 17.6 Å². The Hall–Kier alpha value is -1.62. The molecule has 1 aromatic heterocycles. The van der Waals surface area contributed by atoms with E-state index in [4.69, 9.17) is 11.6 Å². The Bertz CT molecular complexity index is 595. The van der Waals surface area contributed by atoms with Gasteiger partial charge in [0.2, 0.25) is 0 Å². The molecule has 100 valence electrons. The summed E-state index contributed by atoms with van der Waals surface area (Å²) < 4.78 is 51.0. The molecule has 1 heterocycles. The van der Waals surface area contributed by atoms with Gasteiger partial charge in [-0.25, -0.2) is 9.37 Å². The Morgan fingerprint density at radius 1 is 1.11 bits per heavy atom. The molecule has 19 heavy (non-hydrogen) atoms. The number of nitrogens with zero attached hydrogens (tertiary/aromatic N) is 1. The minimum absolute atomic E-state index is 0.00299. The zero-order valence-corrected chi connectivity index (χ0v) is 10.3. The Kier molecular flexibility index (Phi) is 3.75. The number of hydrogen-bond donors (Lipinski definition) is 0. The molecular weight excluding hydrogens is 282 g/mol. The maximum atomic E-state index is 13.1. The zero-order valence-electron chi connectivity index (χ0n) is 9.51. The van der Waals surface area contributed by atoms with Gasteiger partial charge < -0.3 is 0 Å². The summed E-state index contributed by atoms with van der Waals surface area (Å²) in [6, 6.07) is 7.34. The normalized spacial score (nSPS) is 11.6. The summed E-state index contributed by atoms with van der Waals surface area (Å²) in [5.74, 6) is -0.547. The molecule has 0 aliphatic rings. The summed E-state index contributed by atoms with van der Waals surface area (Å²) in [4.78, 5) is 3.55. The highest BCUT2D eigenvalue weighted by Gasteiger charge is 2.33. The van der Waals surface area contributed by atoms with Crippen molar-refractivity contribution in [1.82, 2.24) is 4.98 Å². The van der Waals surface area contributed by atoms with E-state index >= 15 is 0 Å². The Labute approximate surface area is 111 Å². The molecule has 0 spiro atoms. The van der Waals surface area contributed by atoms with Gasteiger partial charge in [0, 0.05) is 11.4 Å². The number of benzene rings is 1. The number of halogens is 5. The average Bonchev–Trinajstić information content (AvgIpc) is 2.37. The summed E-state index contributed by atoms with van der Waals surface area (Å²) in [6.07, 6.45) is -4.55. The SMILES string of the molecule is Fc1cccc(-c2nc(C(F)(F)F)ccc2CCl)c1. The second kappa shape index (κ2) is 5.17. The van der Waals surface area contributed by atoms with Crippen LogP contribution in [0.3, 0.4) is 0 Å². The molecule has 0 saturated heterocycles. The lowest BCUT2D eigenvalue weighted by Gasteiger charge is -2.11. The zero-order chi connectivity index (χ0) is 14.0. The standard InChI is InChI=1S/C13H8ClF4N/c14-7-9-4-5-11(13(16,17)18)19-12(9)8-2-1-3-10(15)6-8/h1-6H,7H2. The second-order valence-corrected chi connectivity index (χ2v) is 4.11. The van der Waals surface area contributed by atoms with Crippen molar-refractivity contribution in [2.45, 2.75) is 12.1 Å². The van der Waals surface area contributed by atoms with Gasteiger partial charge in [-0.3, -0.25) is 0 Å². The second-order valence-electron chi connectivity index (χ2n) is 3.85. The topological polar surface area (TPSA) is 12.9 Å². The lowest BCUT2D eigenvalue weighted by Crippen LogP contribution is -2.09. The minimum Gasteiger partial charge on any atom is -0.243 e. The van der Waals surface area contributed by atoms with Crippen LogP contribution in [0, 0.1) is 5.82 Å². The van der Waals surface area contributed by atoms with Gasteiger partial charge in [-0.05, 0) is 23.8 Å². The predicted molar refractivity (Wildman–Crippen MR) is 64.2 cm³/mol. The molecule has 0 aliphatic carbocycles. The van der Waals surface area contributed by atoms with Gasteiger partial charge in [0.15, 0.2) is 0 Å².